The first-order valence-electron chi connectivity index (χ1n) is 9.96. The van der Waals surface area contributed by atoms with E-state index in [0.29, 0.717) is 5.56 Å². The van der Waals surface area contributed by atoms with Gasteiger partial charge >= 0.3 is 5.97 Å². The number of amides is 1. The van der Waals surface area contributed by atoms with Crippen LogP contribution >= 0.6 is 11.3 Å². The predicted octanol–water partition coefficient (Wildman–Crippen LogP) is 4.91. The first-order valence-corrected chi connectivity index (χ1v) is 10.8. The zero-order chi connectivity index (χ0) is 20.4. The standard InChI is InChI=1S/C23H24N2O3S/c1-15-7-5-8-16(2)25(15)22(26)14-28-23(27)18-13-20(21-11-6-12-29-21)24-19-10-4-3-9-17(18)19/h3-4,6,9-13,15-16H,5,7-8,14H2,1-2H3/t15-,16-/m0/s1. The van der Waals surface area contributed by atoms with E-state index >= 15 is 0 Å². The topological polar surface area (TPSA) is 59.5 Å². The van der Waals surface area contributed by atoms with Gasteiger partial charge < -0.3 is 9.64 Å². The Morgan fingerprint density at radius 2 is 1.90 bits per heavy atom. The number of piperidine rings is 1. The van der Waals surface area contributed by atoms with Crippen molar-refractivity contribution in [2.45, 2.75) is 45.2 Å². The van der Waals surface area contributed by atoms with Gasteiger partial charge in [-0.15, -0.1) is 11.3 Å². The minimum absolute atomic E-state index is 0.130. The molecule has 1 aliphatic rings. The van der Waals surface area contributed by atoms with Crippen LogP contribution in [-0.2, 0) is 9.53 Å². The van der Waals surface area contributed by atoms with Crippen LogP contribution in [0.15, 0.2) is 47.8 Å². The van der Waals surface area contributed by atoms with E-state index in [1.165, 1.54) is 0 Å². The van der Waals surface area contributed by atoms with Gasteiger partial charge in [0.15, 0.2) is 6.61 Å². The maximum absolute atomic E-state index is 12.9. The largest absolute Gasteiger partial charge is 0.452 e. The third-order valence-corrected chi connectivity index (χ3v) is 6.41. The van der Waals surface area contributed by atoms with Crippen molar-refractivity contribution < 1.29 is 14.3 Å². The molecule has 4 rings (SSSR count). The monoisotopic (exact) mass is 408 g/mol. The fourth-order valence-corrected chi connectivity index (χ4v) is 4.77. The molecule has 0 unspecified atom stereocenters. The molecule has 1 fully saturated rings. The van der Waals surface area contributed by atoms with Gasteiger partial charge in [-0.1, -0.05) is 24.3 Å². The second-order valence-electron chi connectivity index (χ2n) is 7.56. The molecule has 0 radical (unpaired) electrons. The number of hydrogen-bond acceptors (Lipinski definition) is 5. The lowest BCUT2D eigenvalue weighted by Gasteiger charge is -2.38. The lowest BCUT2D eigenvalue weighted by atomic mass is 9.97. The molecule has 3 heterocycles. The molecule has 1 saturated heterocycles. The average molecular weight is 409 g/mol. The highest BCUT2D eigenvalue weighted by molar-refractivity contribution is 7.13. The summed E-state index contributed by atoms with van der Waals surface area (Å²) in [6, 6.07) is 13.5. The Hall–Kier alpha value is -2.73. The number of likely N-dealkylation sites (tertiary alicyclic amines) is 1. The summed E-state index contributed by atoms with van der Waals surface area (Å²) >= 11 is 1.57. The maximum Gasteiger partial charge on any atom is 0.339 e. The molecule has 0 N–H and O–H groups in total. The number of hydrogen-bond donors (Lipinski definition) is 0. The van der Waals surface area contributed by atoms with Gasteiger partial charge in [-0.05, 0) is 56.7 Å². The third kappa shape index (κ3) is 4.03. The number of carbonyl (C=O) groups excluding carboxylic acids is 2. The predicted molar refractivity (Wildman–Crippen MR) is 115 cm³/mol. The van der Waals surface area contributed by atoms with Crippen LogP contribution in [-0.4, -0.2) is 40.5 Å². The summed E-state index contributed by atoms with van der Waals surface area (Å²) in [7, 11) is 0. The summed E-state index contributed by atoms with van der Waals surface area (Å²) in [6.45, 7) is 3.87. The number of fused-ring (bicyclic) bond motifs is 1. The number of pyridine rings is 1. The van der Waals surface area contributed by atoms with Crippen molar-refractivity contribution in [3.63, 3.8) is 0 Å². The maximum atomic E-state index is 12.9. The molecule has 6 heteroatoms. The Bertz CT molecular complexity index is 1020. The molecule has 0 aliphatic carbocycles. The van der Waals surface area contributed by atoms with E-state index in [1.54, 1.807) is 17.4 Å². The van der Waals surface area contributed by atoms with Gasteiger partial charge in [0, 0.05) is 17.5 Å². The number of ether oxygens (including phenoxy) is 1. The molecule has 0 spiro atoms. The summed E-state index contributed by atoms with van der Waals surface area (Å²) in [5.74, 6) is -0.623. The summed E-state index contributed by atoms with van der Waals surface area (Å²) in [6.07, 6.45) is 3.10. The fourth-order valence-electron chi connectivity index (χ4n) is 4.09. The van der Waals surface area contributed by atoms with Gasteiger partial charge in [0.1, 0.15) is 0 Å². The number of nitrogens with zero attached hydrogens (tertiary/aromatic N) is 2. The molecule has 29 heavy (non-hydrogen) atoms. The van der Waals surface area contributed by atoms with Crippen LogP contribution in [0.3, 0.4) is 0 Å². The molecule has 150 valence electrons. The van der Waals surface area contributed by atoms with Crippen molar-refractivity contribution in [1.29, 1.82) is 0 Å². The Labute approximate surface area is 174 Å². The normalized spacial score (nSPS) is 19.3. The van der Waals surface area contributed by atoms with Gasteiger partial charge in [-0.3, -0.25) is 4.79 Å². The molecule has 2 atom stereocenters. The van der Waals surface area contributed by atoms with E-state index in [0.717, 1.165) is 40.7 Å². The Morgan fingerprint density at radius 3 is 2.62 bits per heavy atom. The van der Waals surface area contributed by atoms with Crippen LogP contribution in [0.25, 0.3) is 21.5 Å². The zero-order valence-electron chi connectivity index (χ0n) is 16.6. The first kappa shape index (κ1) is 19.6. The van der Waals surface area contributed by atoms with Crippen LogP contribution in [0.5, 0.6) is 0 Å². The highest BCUT2D eigenvalue weighted by atomic mass is 32.1. The molecule has 5 nitrogen and oxygen atoms in total. The summed E-state index contributed by atoms with van der Waals surface area (Å²) in [5, 5.41) is 2.70. The van der Waals surface area contributed by atoms with Crippen LogP contribution in [0.2, 0.25) is 0 Å². The van der Waals surface area contributed by atoms with Gasteiger partial charge in [-0.2, -0.15) is 0 Å². The van der Waals surface area contributed by atoms with Crippen molar-refractivity contribution in [3.05, 3.63) is 53.4 Å². The lowest BCUT2D eigenvalue weighted by molar-refractivity contribution is -0.140. The minimum Gasteiger partial charge on any atom is -0.452 e. The second kappa shape index (κ2) is 8.33. The summed E-state index contributed by atoms with van der Waals surface area (Å²) < 4.78 is 5.47. The third-order valence-electron chi connectivity index (χ3n) is 5.52. The lowest BCUT2D eigenvalue weighted by Crippen LogP contribution is -2.49. The number of esters is 1. The van der Waals surface area contributed by atoms with Gasteiger partial charge in [0.2, 0.25) is 0 Å². The number of para-hydroxylation sites is 1. The van der Waals surface area contributed by atoms with Crippen molar-refractivity contribution in [2.24, 2.45) is 0 Å². The molecule has 1 aliphatic heterocycles. The molecule has 3 aromatic rings. The SMILES string of the molecule is C[C@H]1CCC[C@H](C)N1C(=O)COC(=O)c1cc(-c2cccs2)nc2ccccc12. The number of rotatable bonds is 4. The van der Waals surface area contributed by atoms with Gasteiger partial charge in [0.25, 0.3) is 5.91 Å². The fraction of sp³-hybridized carbons (Fsp3) is 0.348. The van der Waals surface area contributed by atoms with E-state index in [4.69, 9.17) is 4.74 Å². The summed E-state index contributed by atoms with van der Waals surface area (Å²) in [5.41, 5.74) is 1.90. The van der Waals surface area contributed by atoms with Crippen molar-refractivity contribution in [1.82, 2.24) is 9.88 Å². The Kier molecular flexibility index (Phi) is 5.62. The van der Waals surface area contributed by atoms with E-state index < -0.39 is 5.97 Å². The number of aromatic nitrogens is 1. The minimum atomic E-state index is -0.493. The zero-order valence-corrected chi connectivity index (χ0v) is 17.4. The van der Waals surface area contributed by atoms with Crippen LogP contribution in [0.4, 0.5) is 0 Å². The van der Waals surface area contributed by atoms with E-state index in [2.05, 4.69) is 18.8 Å². The van der Waals surface area contributed by atoms with Crippen molar-refractivity contribution in [3.8, 4) is 10.6 Å². The van der Waals surface area contributed by atoms with Crippen molar-refractivity contribution >= 4 is 34.1 Å². The van der Waals surface area contributed by atoms with Crippen LogP contribution in [0, 0.1) is 0 Å². The highest BCUT2D eigenvalue weighted by Gasteiger charge is 2.29. The smallest absolute Gasteiger partial charge is 0.339 e. The number of benzene rings is 1. The quantitative estimate of drug-likeness (QED) is 0.576. The molecule has 1 amide bonds. The van der Waals surface area contributed by atoms with Crippen LogP contribution in [0.1, 0.15) is 43.5 Å². The molecular weight excluding hydrogens is 384 g/mol. The van der Waals surface area contributed by atoms with E-state index in [-0.39, 0.29) is 24.6 Å². The molecule has 2 aromatic heterocycles. The summed E-state index contributed by atoms with van der Waals surface area (Å²) in [4.78, 5) is 33.1. The molecule has 0 saturated carbocycles. The second-order valence-corrected chi connectivity index (χ2v) is 8.50. The average Bonchev–Trinajstić information content (AvgIpc) is 3.26. The highest BCUT2D eigenvalue weighted by Crippen LogP contribution is 2.28. The Balaban J connectivity index is 1.57. The molecule has 1 aromatic carbocycles. The van der Waals surface area contributed by atoms with E-state index in [1.807, 2.05) is 46.7 Å². The number of thiophene rings is 1. The van der Waals surface area contributed by atoms with E-state index in [9.17, 15) is 9.59 Å². The van der Waals surface area contributed by atoms with Gasteiger partial charge in [0.05, 0.1) is 21.7 Å². The molecular formula is C23H24N2O3S. The first-order chi connectivity index (χ1) is 14.0. The van der Waals surface area contributed by atoms with Gasteiger partial charge in [-0.25, -0.2) is 9.78 Å². The van der Waals surface area contributed by atoms with Crippen LogP contribution < -0.4 is 0 Å². The molecule has 0 bridgehead atoms. The van der Waals surface area contributed by atoms with Crippen molar-refractivity contribution in [2.75, 3.05) is 6.61 Å². The Morgan fingerprint density at radius 1 is 1.14 bits per heavy atom. The number of carbonyl (C=O) groups is 2.